The lowest BCUT2D eigenvalue weighted by molar-refractivity contribution is -0.00256. The standard InChI is InChI=1S/C14H10N2O/c15-16-14-12-6-2-1-5-10(12)11-7-3-4-9(8-17)13(11)14/h1-7,17H,8H2. The molecule has 0 atom stereocenters. The van der Waals surface area contributed by atoms with Crippen LogP contribution in [0.4, 0.5) is 0 Å². The Balaban J connectivity index is 2.43. The summed E-state index contributed by atoms with van der Waals surface area (Å²) in [6, 6.07) is 13.5. The lowest BCUT2D eigenvalue weighted by Crippen LogP contribution is -2.03. The summed E-state index contributed by atoms with van der Waals surface area (Å²) in [5, 5.41) is 9.36. The van der Waals surface area contributed by atoms with Crippen LogP contribution in [-0.2, 0) is 6.61 Å². The highest BCUT2D eigenvalue weighted by atomic mass is 16.3. The van der Waals surface area contributed by atoms with Gasteiger partial charge in [0.25, 0.3) is 0 Å². The Kier molecular flexibility index (Phi) is 2.15. The van der Waals surface area contributed by atoms with Gasteiger partial charge < -0.3 is 10.6 Å². The molecule has 2 aromatic carbocycles. The Bertz CT molecular complexity index is 655. The van der Waals surface area contributed by atoms with Crippen LogP contribution in [0.5, 0.6) is 0 Å². The lowest BCUT2D eigenvalue weighted by atomic mass is 10.0. The minimum Gasteiger partial charge on any atom is -0.392 e. The third-order valence-electron chi connectivity index (χ3n) is 3.13. The number of benzene rings is 2. The van der Waals surface area contributed by atoms with E-state index in [4.69, 9.17) is 0 Å². The number of hydrogen-bond donors (Lipinski definition) is 1. The van der Waals surface area contributed by atoms with Crippen LogP contribution in [0.3, 0.4) is 0 Å². The quantitative estimate of drug-likeness (QED) is 0.498. The van der Waals surface area contributed by atoms with Crippen LogP contribution in [-0.4, -0.2) is 15.6 Å². The maximum atomic E-state index is 9.36. The van der Waals surface area contributed by atoms with E-state index >= 15 is 0 Å². The molecule has 0 heterocycles. The van der Waals surface area contributed by atoms with Crippen molar-refractivity contribution in [2.45, 2.75) is 6.61 Å². The highest BCUT2D eigenvalue weighted by Crippen LogP contribution is 2.37. The molecule has 1 N–H and O–H groups in total. The second-order valence-corrected chi connectivity index (χ2v) is 3.99. The summed E-state index contributed by atoms with van der Waals surface area (Å²) in [7, 11) is 0. The fraction of sp³-hybridized carbons (Fsp3) is 0.0714. The second kappa shape index (κ2) is 3.67. The molecule has 0 aliphatic heterocycles. The van der Waals surface area contributed by atoms with E-state index in [1.165, 1.54) is 0 Å². The zero-order valence-corrected chi connectivity index (χ0v) is 9.09. The van der Waals surface area contributed by atoms with E-state index in [0.717, 1.165) is 27.8 Å². The molecule has 0 saturated heterocycles. The molecule has 0 spiro atoms. The molecule has 0 radical (unpaired) electrons. The van der Waals surface area contributed by atoms with Gasteiger partial charge in [0.1, 0.15) is 0 Å². The van der Waals surface area contributed by atoms with Gasteiger partial charge in [-0.05, 0) is 22.8 Å². The van der Waals surface area contributed by atoms with E-state index < -0.39 is 0 Å². The van der Waals surface area contributed by atoms with E-state index in [0.29, 0.717) is 5.71 Å². The maximum Gasteiger partial charge on any atom is 0.331 e. The Hall–Kier alpha value is -2.22. The predicted molar refractivity (Wildman–Crippen MR) is 64.6 cm³/mol. The van der Waals surface area contributed by atoms with Crippen LogP contribution in [0.1, 0.15) is 16.7 Å². The van der Waals surface area contributed by atoms with E-state index in [-0.39, 0.29) is 6.61 Å². The molecular weight excluding hydrogens is 212 g/mol. The van der Waals surface area contributed by atoms with Crippen LogP contribution in [0, 0.1) is 0 Å². The van der Waals surface area contributed by atoms with Gasteiger partial charge in [-0.2, -0.15) is 4.79 Å². The van der Waals surface area contributed by atoms with E-state index in [2.05, 4.69) is 4.79 Å². The van der Waals surface area contributed by atoms with Gasteiger partial charge in [0.15, 0.2) is 0 Å². The van der Waals surface area contributed by atoms with Gasteiger partial charge in [-0.3, -0.25) is 0 Å². The third-order valence-corrected chi connectivity index (χ3v) is 3.13. The predicted octanol–water partition coefficient (Wildman–Crippen LogP) is 2.23. The average molecular weight is 222 g/mol. The molecule has 3 heteroatoms. The second-order valence-electron chi connectivity index (χ2n) is 3.99. The number of aliphatic hydroxyl groups excluding tert-OH is 1. The summed E-state index contributed by atoms with van der Waals surface area (Å²) >= 11 is 0. The molecule has 82 valence electrons. The van der Waals surface area contributed by atoms with Crippen molar-refractivity contribution < 1.29 is 9.90 Å². The van der Waals surface area contributed by atoms with Crippen molar-refractivity contribution in [1.29, 1.82) is 0 Å². The van der Waals surface area contributed by atoms with Gasteiger partial charge >= 0.3 is 5.71 Å². The van der Waals surface area contributed by atoms with Crippen LogP contribution < -0.4 is 0 Å². The monoisotopic (exact) mass is 222 g/mol. The molecule has 3 rings (SSSR count). The molecule has 3 nitrogen and oxygen atoms in total. The van der Waals surface area contributed by atoms with Crippen molar-refractivity contribution in [2.24, 2.45) is 0 Å². The smallest absolute Gasteiger partial charge is 0.331 e. The number of aliphatic hydroxyl groups is 1. The normalized spacial score (nSPS) is 11.9. The van der Waals surface area contributed by atoms with E-state index in [9.17, 15) is 10.6 Å². The van der Waals surface area contributed by atoms with Crippen molar-refractivity contribution in [3.8, 4) is 11.1 Å². The fourth-order valence-corrected chi connectivity index (χ4v) is 2.40. The highest BCUT2D eigenvalue weighted by molar-refractivity contribution is 6.22. The lowest BCUT2D eigenvalue weighted by Gasteiger charge is -2.02. The minimum atomic E-state index is -0.0593. The van der Waals surface area contributed by atoms with Crippen molar-refractivity contribution in [1.82, 2.24) is 0 Å². The first-order valence-electron chi connectivity index (χ1n) is 5.41. The number of hydrogen-bond acceptors (Lipinski definition) is 1. The summed E-state index contributed by atoms with van der Waals surface area (Å²) in [5.41, 5.74) is 14.3. The molecule has 1 aliphatic carbocycles. The zero-order chi connectivity index (χ0) is 11.8. The van der Waals surface area contributed by atoms with Gasteiger partial charge in [-0.15, -0.1) is 0 Å². The van der Waals surface area contributed by atoms with Gasteiger partial charge in [0, 0.05) is 0 Å². The van der Waals surface area contributed by atoms with Gasteiger partial charge in [0.05, 0.1) is 17.7 Å². The van der Waals surface area contributed by atoms with Crippen molar-refractivity contribution in [2.75, 3.05) is 0 Å². The Morgan fingerprint density at radius 2 is 1.65 bits per heavy atom. The molecule has 2 aromatic rings. The molecule has 0 saturated carbocycles. The average Bonchev–Trinajstić information content (AvgIpc) is 2.72. The molecular formula is C14H10N2O. The molecule has 0 unspecified atom stereocenters. The summed E-state index contributed by atoms with van der Waals surface area (Å²) in [5.74, 6) is 0. The number of rotatable bonds is 1. The first-order chi connectivity index (χ1) is 8.36. The van der Waals surface area contributed by atoms with Crippen molar-refractivity contribution in [3.63, 3.8) is 0 Å². The molecule has 17 heavy (non-hydrogen) atoms. The number of nitrogens with zero attached hydrogens (tertiary/aromatic N) is 2. The van der Waals surface area contributed by atoms with Crippen LogP contribution in [0.15, 0.2) is 42.5 Å². The summed E-state index contributed by atoms with van der Waals surface area (Å²) < 4.78 is 0. The van der Waals surface area contributed by atoms with Gasteiger partial charge in [0.2, 0.25) is 0 Å². The topological polar surface area (TPSA) is 56.6 Å². The Morgan fingerprint density at radius 1 is 0.941 bits per heavy atom. The van der Waals surface area contributed by atoms with Crippen LogP contribution >= 0.6 is 0 Å². The SMILES string of the molecule is [N-]=[N+]=C1c2ccccc2-c2cccc(CO)c21. The van der Waals surface area contributed by atoms with Crippen molar-refractivity contribution >= 4 is 5.71 Å². The molecule has 1 aliphatic rings. The third kappa shape index (κ3) is 1.27. The largest absolute Gasteiger partial charge is 0.392 e. The summed E-state index contributed by atoms with van der Waals surface area (Å²) in [6.07, 6.45) is 0. The van der Waals surface area contributed by atoms with E-state index in [1.54, 1.807) is 0 Å². The zero-order valence-electron chi connectivity index (χ0n) is 9.09. The first kappa shape index (κ1) is 9.97. The first-order valence-corrected chi connectivity index (χ1v) is 5.41. The Labute approximate surface area is 98.6 Å². The van der Waals surface area contributed by atoms with Crippen LogP contribution in [0.2, 0.25) is 0 Å². The molecule has 0 amide bonds. The van der Waals surface area contributed by atoms with E-state index in [1.807, 2.05) is 42.5 Å². The van der Waals surface area contributed by atoms with Crippen LogP contribution in [0.25, 0.3) is 16.7 Å². The Morgan fingerprint density at radius 3 is 2.35 bits per heavy atom. The highest BCUT2D eigenvalue weighted by Gasteiger charge is 2.32. The maximum absolute atomic E-state index is 9.36. The summed E-state index contributed by atoms with van der Waals surface area (Å²) in [6.45, 7) is -0.0593. The molecule has 0 bridgehead atoms. The van der Waals surface area contributed by atoms with Gasteiger partial charge in [-0.1, -0.05) is 36.4 Å². The summed E-state index contributed by atoms with van der Waals surface area (Å²) in [4.78, 5) is 3.38. The fourth-order valence-electron chi connectivity index (χ4n) is 2.40. The minimum absolute atomic E-state index is 0.0593. The number of fused-ring (bicyclic) bond motifs is 3. The molecule has 0 fully saturated rings. The van der Waals surface area contributed by atoms with Gasteiger partial charge in [-0.25, -0.2) is 0 Å². The van der Waals surface area contributed by atoms with Crippen molar-refractivity contribution in [3.05, 3.63) is 64.7 Å². The molecule has 0 aromatic heterocycles.